The molecule has 0 saturated carbocycles. The molecule has 2 aromatic carbocycles. The minimum absolute atomic E-state index is 0.0634. The molecule has 0 saturated heterocycles. The van der Waals surface area contributed by atoms with Crippen LogP contribution in [0.25, 0.3) is 17.1 Å². The van der Waals surface area contributed by atoms with E-state index in [1.54, 1.807) is 30.5 Å². The van der Waals surface area contributed by atoms with Gasteiger partial charge in [0.25, 0.3) is 0 Å². The Bertz CT molecular complexity index is 1250. The number of ether oxygens (including phenoxy) is 1. The molecular weight excluding hydrogens is 453 g/mol. The summed E-state index contributed by atoms with van der Waals surface area (Å²) in [6.45, 7) is 2.77. The Morgan fingerprint density at radius 3 is 2.53 bits per heavy atom. The molecule has 9 heteroatoms. The van der Waals surface area contributed by atoms with E-state index < -0.39 is 0 Å². The molecule has 0 N–H and O–H groups in total. The number of hydrogen-bond donors (Lipinski definition) is 0. The molecule has 4 aromatic rings. The van der Waals surface area contributed by atoms with Gasteiger partial charge in [0.2, 0.25) is 5.91 Å². The number of rotatable bonds is 9. The third-order valence-electron chi connectivity index (χ3n) is 5.22. The summed E-state index contributed by atoms with van der Waals surface area (Å²) in [5, 5.41) is 9.35. The van der Waals surface area contributed by atoms with Crippen LogP contribution in [0.2, 0.25) is 0 Å². The van der Waals surface area contributed by atoms with Crippen LogP contribution in [0.4, 0.5) is 4.39 Å². The fourth-order valence-corrected chi connectivity index (χ4v) is 4.32. The molecule has 0 fully saturated rings. The monoisotopic (exact) mass is 477 g/mol. The van der Waals surface area contributed by atoms with Crippen molar-refractivity contribution >= 4 is 17.7 Å². The highest BCUT2D eigenvalue weighted by Crippen LogP contribution is 2.29. The van der Waals surface area contributed by atoms with Crippen molar-refractivity contribution in [2.24, 2.45) is 0 Å². The Kier molecular flexibility index (Phi) is 7.54. The summed E-state index contributed by atoms with van der Waals surface area (Å²) in [7, 11) is 1.62. The predicted octanol–water partition coefficient (Wildman–Crippen LogP) is 4.62. The lowest BCUT2D eigenvalue weighted by atomic mass is 10.2. The molecule has 4 rings (SSSR count). The van der Waals surface area contributed by atoms with Crippen LogP contribution in [0.5, 0.6) is 5.75 Å². The molecule has 0 spiro atoms. The number of thioether (sulfide) groups is 1. The fourth-order valence-electron chi connectivity index (χ4n) is 3.47. The van der Waals surface area contributed by atoms with Crippen molar-refractivity contribution in [3.05, 3.63) is 84.4 Å². The number of amides is 1. The summed E-state index contributed by atoms with van der Waals surface area (Å²) in [5.41, 5.74) is 2.46. The molecule has 34 heavy (non-hydrogen) atoms. The van der Waals surface area contributed by atoms with Gasteiger partial charge in [-0.15, -0.1) is 10.2 Å². The predicted molar refractivity (Wildman–Crippen MR) is 129 cm³/mol. The third kappa shape index (κ3) is 5.43. The first-order valence-electron chi connectivity index (χ1n) is 10.7. The molecule has 0 unspecified atom stereocenters. The van der Waals surface area contributed by atoms with Crippen molar-refractivity contribution in [3.63, 3.8) is 0 Å². The molecule has 1 amide bonds. The largest absolute Gasteiger partial charge is 0.497 e. The minimum atomic E-state index is -0.313. The summed E-state index contributed by atoms with van der Waals surface area (Å²) in [4.78, 5) is 18.7. The van der Waals surface area contributed by atoms with Gasteiger partial charge in [-0.05, 0) is 61.0 Å². The number of carbonyl (C=O) groups is 1. The van der Waals surface area contributed by atoms with Gasteiger partial charge in [-0.1, -0.05) is 23.9 Å². The van der Waals surface area contributed by atoms with Crippen LogP contribution in [-0.2, 0) is 11.3 Å². The summed E-state index contributed by atoms with van der Waals surface area (Å²) in [6.07, 6.45) is 3.40. The number of halogens is 1. The van der Waals surface area contributed by atoms with Gasteiger partial charge in [0.05, 0.1) is 12.9 Å². The summed E-state index contributed by atoms with van der Waals surface area (Å²) >= 11 is 1.31. The Labute approximate surface area is 201 Å². The minimum Gasteiger partial charge on any atom is -0.497 e. The highest BCUT2D eigenvalue weighted by molar-refractivity contribution is 7.99. The van der Waals surface area contributed by atoms with Crippen molar-refractivity contribution in [2.45, 2.75) is 18.6 Å². The van der Waals surface area contributed by atoms with Gasteiger partial charge in [0, 0.05) is 36.7 Å². The molecule has 0 aliphatic heterocycles. The van der Waals surface area contributed by atoms with Crippen LogP contribution in [0, 0.1) is 5.82 Å². The number of methoxy groups -OCH3 is 1. The van der Waals surface area contributed by atoms with E-state index in [4.69, 9.17) is 4.74 Å². The fraction of sp³-hybridized carbons (Fsp3) is 0.200. The second-order valence-corrected chi connectivity index (χ2v) is 8.34. The van der Waals surface area contributed by atoms with E-state index in [-0.39, 0.29) is 17.5 Å². The Balaban J connectivity index is 1.57. The first kappa shape index (κ1) is 23.4. The van der Waals surface area contributed by atoms with E-state index in [1.165, 1.54) is 23.9 Å². The summed E-state index contributed by atoms with van der Waals surface area (Å²) in [6, 6.07) is 17.6. The molecule has 0 atom stereocenters. The second kappa shape index (κ2) is 10.9. The third-order valence-corrected chi connectivity index (χ3v) is 6.14. The lowest BCUT2D eigenvalue weighted by Crippen LogP contribution is -2.31. The van der Waals surface area contributed by atoms with Gasteiger partial charge in [-0.2, -0.15) is 0 Å². The molecule has 2 heterocycles. The lowest BCUT2D eigenvalue weighted by Gasteiger charge is -2.21. The SMILES string of the molecule is CCN(Cc1cccc(F)c1)C(=O)CSc1nnc(-c2ccncc2)n1-c1ccc(OC)cc1. The first-order valence-corrected chi connectivity index (χ1v) is 11.7. The normalized spacial score (nSPS) is 10.8. The van der Waals surface area contributed by atoms with E-state index >= 15 is 0 Å². The Morgan fingerprint density at radius 2 is 1.85 bits per heavy atom. The maximum atomic E-state index is 13.6. The number of hydrogen-bond acceptors (Lipinski definition) is 6. The maximum absolute atomic E-state index is 13.6. The number of benzene rings is 2. The standard InChI is InChI=1S/C25H24FN5O2S/c1-3-30(16-18-5-4-6-20(26)15-18)23(32)17-34-25-29-28-24(19-11-13-27-14-12-19)31(25)21-7-9-22(33-2)10-8-21/h4-15H,3,16-17H2,1-2H3. The van der Waals surface area contributed by atoms with Gasteiger partial charge >= 0.3 is 0 Å². The molecule has 7 nitrogen and oxygen atoms in total. The van der Waals surface area contributed by atoms with Gasteiger partial charge in [-0.25, -0.2) is 4.39 Å². The molecular formula is C25H24FN5O2S. The van der Waals surface area contributed by atoms with Crippen molar-refractivity contribution in [1.29, 1.82) is 0 Å². The van der Waals surface area contributed by atoms with E-state index in [9.17, 15) is 9.18 Å². The highest BCUT2D eigenvalue weighted by atomic mass is 32.2. The maximum Gasteiger partial charge on any atom is 0.233 e. The molecule has 0 aliphatic rings. The smallest absolute Gasteiger partial charge is 0.233 e. The summed E-state index contributed by atoms with van der Waals surface area (Å²) in [5.74, 6) is 1.18. The first-order chi connectivity index (χ1) is 16.6. The van der Waals surface area contributed by atoms with E-state index in [0.29, 0.717) is 24.1 Å². The average molecular weight is 478 g/mol. The van der Waals surface area contributed by atoms with Gasteiger partial charge in [0.1, 0.15) is 11.6 Å². The second-order valence-electron chi connectivity index (χ2n) is 7.40. The number of nitrogens with zero attached hydrogens (tertiary/aromatic N) is 5. The Hall–Kier alpha value is -3.72. The molecule has 0 radical (unpaired) electrons. The molecule has 174 valence electrons. The van der Waals surface area contributed by atoms with Crippen LogP contribution in [0.3, 0.4) is 0 Å². The van der Waals surface area contributed by atoms with Gasteiger partial charge in [-0.3, -0.25) is 14.3 Å². The van der Waals surface area contributed by atoms with Gasteiger partial charge in [0.15, 0.2) is 11.0 Å². The number of aromatic nitrogens is 4. The number of pyridine rings is 1. The van der Waals surface area contributed by atoms with E-state index in [0.717, 1.165) is 22.6 Å². The van der Waals surface area contributed by atoms with E-state index in [2.05, 4.69) is 15.2 Å². The van der Waals surface area contributed by atoms with Crippen molar-refractivity contribution < 1.29 is 13.9 Å². The number of carbonyl (C=O) groups excluding carboxylic acids is 1. The zero-order valence-corrected chi connectivity index (χ0v) is 19.7. The Morgan fingerprint density at radius 1 is 1.09 bits per heavy atom. The van der Waals surface area contributed by atoms with Crippen LogP contribution < -0.4 is 4.74 Å². The van der Waals surface area contributed by atoms with Crippen LogP contribution >= 0.6 is 11.8 Å². The van der Waals surface area contributed by atoms with Crippen molar-refractivity contribution in [1.82, 2.24) is 24.6 Å². The van der Waals surface area contributed by atoms with Crippen molar-refractivity contribution in [3.8, 4) is 22.8 Å². The quantitative estimate of drug-likeness (QED) is 0.328. The lowest BCUT2D eigenvalue weighted by molar-refractivity contribution is -0.128. The topological polar surface area (TPSA) is 73.1 Å². The molecule has 0 aliphatic carbocycles. The molecule has 0 bridgehead atoms. The zero-order chi connectivity index (χ0) is 23.9. The molecule has 2 aromatic heterocycles. The van der Waals surface area contributed by atoms with Gasteiger partial charge < -0.3 is 9.64 Å². The summed E-state index contributed by atoms with van der Waals surface area (Å²) < 4.78 is 20.7. The van der Waals surface area contributed by atoms with Crippen LogP contribution in [0.1, 0.15) is 12.5 Å². The van der Waals surface area contributed by atoms with E-state index in [1.807, 2.05) is 54.0 Å². The highest BCUT2D eigenvalue weighted by Gasteiger charge is 2.19. The average Bonchev–Trinajstić information content (AvgIpc) is 3.30. The zero-order valence-electron chi connectivity index (χ0n) is 18.9. The van der Waals surface area contributed by atoms with Crippen LogP contribution in [0.15, 0.2) is 78.2 Å². The van der Waals surface area contributed by atoms with Crippen molar-refractivity contribution in [2.75, 3.05) is 19.4 Å². The van der Waals surface area contributed by atoms with Crippen LogP contribution in [-0.4, -0.2) is 50.0 Å².